The first-order valence-electron chi connectivity index (χ1n) is 10.0. The average Bonchev–Trinajstić information content (AvgIpc) is 3.02. The van der Waals surface area contributed by atoms with Gasteiger partial charge in [-0.15, -0.1) is 0 Å². The van der Waals surface area contributed by atoms with Gasteiger partial charge in [-0.25, -0.2) is 0 Å². The SMILES string of the molecule is CCOc1cc(/C=C2\SC(=S)N(C(C)C)C2=O)ccc1OCC(=O)Nc1ccc(Br)cc1. The van der Waals surface area contributed by atoms with Gasteiger partial charge < -0.3 is 14.8 Å². The second-order valence-electron chi connectivity index (χ2n) is 7.13. The molecule has 0 unspecified atom stereocenters. The summed E-state index contributed by atoms with van der Waals surface area (Å²) in [6.45, 7) is 5.99. The van der Waals surface area contributed by atoms with Gasteiger partial charge in [0.25, 0.3) is 11.8 Å². The van der Waals surface area contributed by atoms with Gasteiger partial charge >= 0.3 is 0 Å². The highest BCUT2D eigenvalue weighted by Crippen LogP contribution is 2.35. The molecule has 0 saturated carbocycles. The second kappa shape index (κ2) is 11.0. The maximum absolute atomic E-state index is 12.6. The third-order valence-corrected chi connectivity index (χ3v) is 6.25. The van der Waals surface area contributed by atoms with E-state index >= 15 is 0 Å². The Morgan fingerprint density at radius 1 is 1.19 bits per heavy atom. The second-order valence-corrected chi connectivity index (χ2v) is 9.72. The molecule has 2 amide bonds. The number of nitrogens with one attached hydrogen (secondary N) is 1. The summed E-state index contributed by atoms with van der Waals surface area (Å²) in [4.78, 5) is 27.0. The molecule has 2 aromatic rings. The molecule has 0 aromatic heterocycles. The molecule has 3 rings (SSSR count). The summed E-state index contributed by atoms with van der Waals surface area (Å²) in [5.41, 5.74) is 1.46. The van der Waals surface area contributed by atoms with Crippen LogP contribution in [0, 0.1) is 0 Å². The Kier molecular flexibility index (Phi) is 8.33. The van der Waals surface area contributed by atoms with E-state index < -0.39 is 0 Å². The maximum Gasteiger partial charge on any atom is 0.266 e. The van der Waals surface area contributed by atoms with Gasteiger partial charge in [0.2, 0.25) is 0 Å². The number of hydrogen-bond donors (Lipinski definition) is 1. The van der Waals surface area contributed by atoms with E-state index in [1.54, 1.807) is 35.2 Å². The number of rotatable bonds is 8. The van der Waals surface area contributed by atoms with E-state index in [1.165, 1.54) is 11.8 Å². The van der Waals surface area contributed by atoms with Crippen LogP contribution < -0.4 is 14.8 Å². The van der Waals surface area contributed by atoms with Gasteiger partial charge in [0.15, 0.2) is 18.1 Å². The topological polar surface area (TPSA) is 67.9 Å². The smallest absolute Gasteiger partial charge is 0.266 e. The van der Waals surface area contributed by atoms with Crippen LogP contribution in [0.15, 0.2) is 51.8 Å². The summed E-state index contributed by atoms with van der Waals surface area (Å²) in [7, 11) is 0. The van der Waals surface area contributed by atoms with Crippen molar-refractivity contribution < 1.29 is 19.1 Å². The average molecular weight is 535 g/mol. The van der Waals surface area contributed by atoms with E-state index in [0.29, 0.717) is 33.0 Å². The van der Waals surface area contributed by atoms with E-state index in [2.05, 4.69) is 21.2 Å². The highest BCUT2D eigenvalue weighted by atomic mass is 79.9. The van der Waals surface area contributed by atoms with Crippen molar-refractivity contribution in [3.05, 3.63) is 57.4 Å². The summed E-state index contributed by atoms with van der Waals surface area (Å²) in [5.74, 6) is 0.566. The predicted octanol–water partition coefficient (Wildman–Crippen LogP) is 5.47. The molecule has 0 aliphatic carbocycles. The molecule has 168 valence electrons. The minimum absolute atomic E-state index is 0.00622. The lowest BCUT2D eigenvalue weighted by atomic mass is 10.1. The van der Waals surface area contributed by atoms with Crippen LogP contribution in [0.2, 0.25) is 0 Å². The largest absolute Gasteiger partial charge is 0.490 e. The van der Waals surface area contributed by atoms with Gasteiger partial charge in [0.1, 0.15) is 4.32 Å². The number of carbonyl (C=O) groups excluding carboxylic acids is 2. The molecule has 0 atom stereocenters. The Balaban J connectivity index is 1.70. The Labute approximate surface area is 205 Å². The first kappa shape index (κ1) is 24.3. The summed E-state index contributed by atoms with van der Waals surface area (Å²) in [6.07, 6.45) is 1.79. The fraction of sp³-hybridized carbons (Fsp3) is 0.261. The molecule has 0 radical (unpaired) electrons. The molecular weight excluding hydrogens is 512 g/mol. The molecule has 6 nitrogen and oxygen atoms in total. The quantitative estimate of drug-likeness (QED) is 0.357. The van der Waals surface area contributed by atoms with Crippen LogP contribution in [0.4, 0.5) is 5.69 Å². The number of benzene rings is 2. The molecular formula is C23H23BrN2O4S2. The molecule has 0 bridgehead atoms. The first-order valence-corrected chi connectivity index (χ1v) is 12.0. The van der Waals surface area contributed by atoms with Crippen molar-refractivity contribution in [3.63, 3.8) is 0 Å². The third kappa shape index (κ3) is 6.11. The van der Waals surface area contributed by atoms with Crippen molar-refractivity contribution in [2.24, 2.45) is 0 Å². The van der Waals surface area contributed by atoms with Crippen molar-refractivity contribution >= 4 is 67.8 Å². The van der Waals surface area contributed by atoms with Gasteiger partial charge in [0.05, 0.1) is 11.5 Å². The molecule has 0 spiro atoms. The molecule has 1 aliphatic rings. The molecule has 1 heterocycles. The number of ether oxygens (including phenoxy) is 2. The fourth-order valence-corrected chi connectivity index (χ4v) is 4.74. The van der Waals surface area contributed by atoms with Crippen LogP contribution in [0.5, 0.6) is 11.5 Å². The molecule has 1 fully saturated rings. The van der Waals surface area contributed by atoms with Gasteiger partial charge in [-0.3, -0.25) is 14.5 Å². The summed E-state index contributed by atoms with van der Waals surface area (Å²) >= 11 is 9.97. The van der Waals surface area contributed by atoms with Crippen molar-refractivity contribution in [2.45, 2.75) is 26.8 Å². The van der Waals surface area contributed by atoms with Crippen LogP contribution in [-0.2, 0) is 9.59 Å². The lowest BCUT2D eigenvalue weighted by Gasteiger charge is -2.18. The molecule has 2 aromatic carbocycles. The summed E-state index contributed by atoms with van der Waals surface area (Å²) < 4.78 is 12.9. The van der Waals surface area contributed by atoms with Gasteiger partial charge in [0, 0.05) is 16.2 Å². The third-order valence-electron chi connectivity index (χ3n) is 4.39. The first-order chi connectivity index (χ1) is 15.3. The van der Waals surface area contributed by atoms with Gasteiger partial charge in [-0.1, -0.05) is 46.0 Å². The van der Waals surface area contributed by atoms with Crippen molar-refractivity contribution in [1.29, 1.82) is 0 Å². The van der Waals surface area contributed by atoms with E-state index in [-0.39, 0.29) is 24.5 Å². The highest BCUT2D eigenvalue weighted by Gasteiger charge is 2.33. The summed E-state index contributed by atoms with van der Waals surface area (Å²) in [6, 6.07) is 12.6. The molecule has 1 aliphatic heterocycles. The zero-order valence-corrected chi connectivity index (χ0v) is 21.1. The fourth-order valence-electron chi connectivity index (χ4n) is 2.95. The monoisotopic (exact) mass is 534 g/mol. The van der Waals surface area contributed by atoms with E-state index in [4.69, 9.17) is 21.7 Å². The summed E-state index contributed by atoms with van der Waals surface area (Å²) in [5, 5.41) is 2.78. The number of carbonyl (C=O) groups is 2. The van der Waals surface area contributed by atoms with Crippen LogP contribution >= 0.6 is 39.9 Å². The predicted molar refractivity (Wildman–Crippen MR) is 136 cm³/mol. The lowest BCUT2D eigenvalue weighted by molar-refractivity contribution is -0.123. The lowest BCUT2D eigenvalue weighted by Crippen LogP contribution is -2.34. The molecule has 1 N–H and O–H groups in total. The standard InChI is InChI=1S/C23H23BrN2O4S2/c1-4-29-19-11-15(12-20-22(28)26(14(2)3)23(31)32-20)5-10-18(19)30-13-21(27)25-17-8-6-16(24)7-9-17/h5-12,14H,4,13H2,1-3H3,(H,25,27)/b20-12-. The Hall–Kier alpha value is -2.36. The number of halogens is 1. The zero-order valence-electron chi connectivity index (χ0n) is 17.9. The Bertz CT molecular complexity index is 1050. The normalized spacial score (nSPS) is 14.9. The van der Waals surface area contributed by atoms with Crippen molar-refractivity contribution in [2.75, 3.05) is 18.5 Å². The Morgan fingerprint density at radius 3 is 2.53 bits per heavy atom. The van der Waals surface area contributed by atoms with Gasteiger partial charge in [-0.2, -0.15) is 0 Å². The number of amides is 2. The van der Waals surface area contributed by atoms with E-state index in [9.17, 15) is 9.59 Å². The minimum atomic E-state index is -0.281. The van der Waals surface area contributed by atoms with Crippen molar-refractivity contribution in [1.82, 2.24) is 4.90 Å². The number of hydrogen-bond acceptors (Lipinski definition) is 6. The van der Waals surface area contributed by atoms with Crippen LogP contribution in [0.3, 0.4) is 0 Å². The van der Waals surface area contributed by atoms with E-state index in [0.717, 1.165) is 10.0 Å². The Morgan fingerprint density at radius 2 is 1.91 bits per heavy atom. The number of thioether (sulfide) groups is 1. The van der Waals surface area contributed by atoms with Crippen LogP contribution in [0.1, 0.15) is 26.3 Å². The molecule has 1 saturated heterocycles. The zero-order chi connectivity index (χ0) is 23.3. The number of anilines is 1. The number of thiocarbonyl (C=S) groups is 1. The maximum atomic E-state index is 12.6. The molecule has 9 heteroatoms. The highest BCUT2D eigenvalue weighted by molar-refractivity contribution is 9.10. The molecule has 32 heavy (non-hydrogen) atoms. The van der Waals surface area contributed by atoms with Crippen molar-refractivity contribution in [3.8, 4) is 11.5 Å². The number of nitrogens with zero attached hydrogens (tertiary/aromatic N) is 1. The minimum Gasteiger partial charge on any atom is -0.490 e. The van der Waals surface area contributed by atoms with Crippen LogP contribution in [0.25, 0.3) is 6.08 Å². The van der Waals surface area contributed by atoms with E-state index in [1.807, 2.05) is 39.0 Å². The van der Waals surface area contributed by atoms with Crippen LogP contribution in [-0.4, -0.2) is 40.3 Å². The van der Waals surface area contributed by atoms with Gasteiger partial charge in [-0.05, 0) is 68.8 Å².